The van der Waals surface area contributed by atoms with E-state index >= 15 is 0 Å². The lowest BCUT2D eigenvalue weighted by molar-refractivity contribution is -0.108. The van der Waals surface area contributed by atoms with E-state index in [1.54, 1.807) is 14.2 Å². The van der Waals surface area contributed by atoms with Crippen molar-refractivity contribution in [2.24, 2.45) is 0 Å². The van der Waals surface area contributed by atoms with Crippen molar-refractivity contribution in [1.82, 2.24) is 0 Å². The average molecular weight is 328 g/mol. The molecular weight excluding hydrogens is 304 g/mol. The summed E-state index contributed by atoms with van der Waals surface area (Å²) in [5.41, 5.74) is 10.3. The van der Waals surface area contributed by atoms with Crippen LogP contribution >= 0.6 is 0 Å². The summed E-state index contributed by atoms with van der Waals surface area (Å²) in [6.07, 6.45) is 1.75. The molecule has 0 aliphatic rings. The van der Waals surface area contributed by atoms with Crippen LogP contribution in [0.5, 0.6) is 11.5 Å². The number of aldehydes is 1. The molecular formula is C19H24N2O3. The summed E-state index contributed by atoms with van der Waals surface area (Å²) in [6, 6.07) is 9.45. The molecule has 0 aromatic heterocycles. The summed E-state index contributed by atoms with van der Waals surface area (Å²) in [4.78, 5) is 10.9. The molecule has 0 fully saturated rings. The van der Waals surface area contributed by atoms with Gasteiger partial charge in [-0.3, -0.25) is 0 Å². The number of nitrogens with two attached hydrogens (primary N) is 1. The maximum absolute atomic E-state index is 10.9. The number of hydrogen-bond donors (Lipinski definition) is 2. The number of carbonyl (C=O) groups excluding carboxylic acids is 1. The molecule has 0 aliphatic carbocycles. The summed E-state index contributed by atoms with van der Waals surface area (Å²) in [7, 11) is 3.26. The minimum absolute atomic E-state index is 0.177. The van der Waals surface area contributed by atoms with Gasteiger partial charge in [0.15, 0.2) is 0 Å². The summed E-state index contributed by atoms with van der Waals surface area (Å²) in [5, 5.41) is 3.31. The van der Waals surface area contributed by atoms with Gasteiger partial charge in [-0.25, -0.2) is 0 Å². The van der Waals surface area contributed by atoms with Crippen LogP contribution in [0, 0.1) is 0 Å². The number of carbonyl (C=O) groups is 1. The number of hydrogen-bond acceptors (Lipinski definition) is 5. The predicted molar refractivity (Wildman–Crippen MR) is 97.5 cm³/mol. The van der Waals surface area contributed by atoms with Crippen LogP contribution in [0.4, 0.5) is 17.1 Å². The summed E-state index contributed by atoms with van der Waals surface area (Å²) in [5.74, 6) is 1.29. The topological polar surface area (TPSA) is 73.6 Å². The molecule has 0 aliphatic heterocycles. The number of nitrogens with one attached hydrogen (secondary N) is 1. The van der Waals surface area contributed by atoms with E-state index in [0.717, 1.165) is 41.0 Å². The highest BCUT2D eigenvalue weighted by atomic mass is 16.5. The maximum atomic E-state index is 10.9. The number of aryl methyl sites for hydroxylation is 1. The van der Waals surface area contributed by atoms with Gasteiger partial charge in [-0.15, -0.1) is 0 Å². The molecule has 5 heteroatoms. The lowest BCUT2D eigenvalue weighted by Crippen LogP contribution is -2.02. The van der Waals surface area contributed by atoms with Crippen molar-refractivity contribution >= 4 is 23.3 Å². The largest absolute Gasteiger partial charge is 0.496 e. The Hall–Kier alpha value is -2.69. The Balaban J connectivity index is 2.38. The van der Waals surface area contributed by atoms with E-state index in [-0.39, 0.29) is 5.92 Å². The Morgan fingerprint density at radius 1 is 1.12 bits per heavy atom. The number of rotatable bonds is 7. The molecule has 128 valence electrons. The zero-order chi connectivity index (χ0) is 17.7. The molecule has 0 amide bonds. The SMILES string of the molecule is CCc1cc(Nc2ccc(C(C)C=O)cc2N)c(OC)cc1OC. The van der Waals surface area contributed by atoms with E-state index in [1.165, 1.54) is 0 Å². The van der Waals surface area contributed by atoms with Crippen molar-refractivity contribution in [3.8, 4) is 11.5 Å². The fraction of sp³-hybridized carbons (Fsp3) is 0.316. The minimum atomic E-state index is -0.177. The molecule has 1 unspecified atom stereocenters. The zero-order valence-electron chi connectivity index (χ0n) is 14.6. The third kappa shape index (κ3) is 3.62. The number of benzene rings is 2. The second-order valence-electron chi connectivity index (χ2n) is 5.61. The van der Waals surface area contributed by atoms with Crippen molar-refractivity contribution in [3.05, 3.63) is 41.5 Å². The molecule has 2 aromatic carbocycles. The lowest BCUT2D eigenvalue weighted by atomic mass is 10.0. The first kappa shape index (κ1) is 17.7. The van der Waals surface area contributed by atoms with Crippen LogP contribution < -0.4 is 20.5 Å². The van der Waals surface area contributed by atoms with Crippen molar-refractivity contribution < 1.29 is 14.3 Å². The van der Waals surface area contributed by atoms with Gasteiger partial charge in [0.25, 0.3) is 0 Å². The molecule has 3 N–H and O–H groups in total. The maximum Gasteiger partial charge on any atom is 0.146 e. The van der Waals surface area contributed by atoms with Crippen molar-refractivity contribution in [2.75, 3.05) is 25.3 Å². The molecule has 0 radical (unpaired) electrons. The first-order valence-corrected chi connectivity index (χ1v) is 7.90. The van der Waals surface area contributed by atoms with E-state index in [0.29, 0.717) is 11.4 Å². The molecule has 0 bridgehead atoms. The van der Waals surface area contributed by atoms with Gasteiger partial charge < -0.3 is 25.3 Å². The Bertz CT molecular complexity index is 729. The monoisotopic (exact) mass is 328 g/mol. The number of methoxy groups -OCH3 is 2. The Morgan fingerprint density at radius 2 is 1.83 bits per heavy atom. The van der Waals surface area contributed by atoms with Crippen molar-refractivity contribution in [1.29, 1.82) is 0 Å². The highest BCUT2D eigenvalue weighted by Crippen LogP contribution is 2.36. The van der Waals surface area contributed by atoms with Gasteiger partial charge in [-0.2, -0.15) is 0 Å². The first-order valence-electron chi connectivity index (χ1n) is 7.90. The quantitative estimate of drug-likeness (QED) is 0.596. The number of nitrogen functional groups attached to an aromatic ring is 1. The standard InChI is InChI=1S/C19H24N2O3/c1-5-13-9-17(19(24-4)10-18(13)23-3)21-16-7-6-14(8-15(16)20)12(2)11-22/h6-12,21H,5,20H2,1-4H3. The minimum Gasteiger partial charge on any atom is -0.496 e. The van der Waals surface area contributed by atoms with Gasteiger partial charge >= 0.3 is 0 Å². The van der Waals surface area contributed by atoms with Gasteiger partial charge in [0.1, 0.15) is 17.8 Å². The molecule has 5 nitrogen and oxygen atoms in total. The number of ether oxygens (including phenoxy) is 2. The molecule has 0 spiro atoms. The van der Waals surface area contributed by atoms with Crippen LogP contribution in [0.25, 0.3) is 0 Å². The molecule has 0 saturated heterocycles. The van der Waals surface area contributed by atoms with Gasteiger partial charge in [0.05, 0.1) is 31.3 Å². The second-order valence-corrected chi connectivity index (χ2v) is 5.61. The van der Waals surface area contributed by atoms with Crippen LogP contribution in [0.2, 0.25) is 0 Å². The van der Waals surface area contributed by atoms with E-state index in [2.05, 4.69) is 12.2 Å². The Labute approximate surface area is 142 Å². The first-order chi connectivity index (χ1) is 11.5. The van der Waals surface area contributed by atoms with E-state index in [1.807, 2.05) is 37.3 Å². The highest BCUT2D eigenvalue weighted by Gasteiger charge is 2.12. The zero-order valence-corrected chi connectivity index (χ0v) is 14.6. The second kappa shape index (κ2) is 7.73. The molecule has 1 atom stereocenters. The summed E-state index contributed by atoms with van der Waals surface area (Å²) >= 11 is 0. The predicted octanol–water partition coefficient (Wildman–Crippen LogP) is 3.89. The van der Waals surface area contributed by atoms with Gasteiger partial charge in [0, 0.05) is 12.0 Å². The third-order valence-corrected chi connectivity index (χ3v) is 4.06. The Morgan fingerprint density at radius 3 is 2.38 bits per heavy atom. The molecule has 2 aromatic rings. The molecule has 2 rings (SSSR count). The fourth-order valence-corrected chi connectivity index (χ4v) is 2.54. The van der Waals surface area contributed by atoms with Crippen molar-refractivity contribution in [2.45, 2.75) is 26.2 Å². The van der Waals surface area contributed by atoms with Crippen LogP contribution in [-0.2, 0) is 11.2 Å². The van der Waals surface area contributed by atoms with Crippen molar-refractivity contribution in [3.63, 3.8) is 0 Å². The van der Waals surface area contributed by atoms with E-state index in [9.17, 15) is 4.79 Å². The highest BCUT2D eigenvalue weighted by molar-refractivity contribution is 5.78. The van der Waals surface area contributed by atoms with E-state index < -0.39 is 0 Å². The number of anilines is 3. The lowest BCUT2D eigenvalue weighted by Gasteiger charge is -2.17. The smallest absolute Gasteiger partial charge is 0.146 e. The van der Waals surface area contributed by atoms with Crippen LogP contribution in [0.3, 0.4) is 0 Å². The Kier molecular flexibility index (Phi) is 5.68. The molecule has 0 heterocycles. The molecule has 0 saturated carbocycles. The molecule has 24 heavy (non-hydrogen) atoms. The van der Waals surface area contributed by atoms with Gasteiger partial charge in [-0.05, 0) is 35.7 Å². The fourth-order valence-electron chi connectivity index (χ4n) is 2.54. The summed E-state index contributed by atoms with van der Waals surface area (Å²) in [6.45, 7) is 3.91. The van der Waals surface area contributed by atoms with Crippen LogP contribution in [0.15, 0.2) is 30.3 Å². The van der Waals surface area contributed by atoms with Crippen LogP contribution in [0.1, 0.15) is 30.9 Å². The average Bonchev–Trinajstić information content (AvgIpc) is 2.62. The normalized spacial score (nSPS) is 11.7. The summed E-state index contributed by atoms with van der Waals surface area (Å²) < 4.78 is 10.8. The van der Waals surface area contributed by atoms with Crippen LogP contribution in [-0.4, -0.2) is 20.5 Å². The van der Waals surface area contributed by atoms with E-state index in [4.69, 9.17) is 15.2 Å². The van der Waals surface area contributed by atoms with Gasteiger partial charge in [0.2, 0.25) is 0 Å². The van der Waals surface area contributed by atoms with Gasteiger partial charge in [-0.1, -0.05) is 19.9 Å². The third-order valence-electron chi connectivity index (χ3n) is 4.06.